The van der Waals surface area contributed by atoms with E-state index in [9.17, 15) is 4.79 Å². The molecule has 0 atom stereocenters. The first kappa shape index (κ1) is 13.3. The molecule has 5 nitrogen and oxygen atoms in total. The van der Waals surface area contributed by atoms with E-state index in [-0.39, 0.29) is 5.56 Å². The molecular weight excluding hydrogens is 266 g/mol. The normalized spacial score (nSPS) is 11.2. The van der Waals surface area contributed by atoms with Crippen LogP contribution in [0.4, 0.5) is 0 Å². The number of para-hydroxylation sites is 1. The number of fused-ring (bicyclic) bond motifs is 1. The van der Waals surface area contributed by atoms with Gasteiger partial charge in [-0.2, -0.15) is 0 Å². The maximum Gasteiger partial charge on any atom is 0.335 e. The van der Waals surface area contributed by atoms with Crippen LogP contribution < -0.4 is 0 Å². The number of aromatic carboxylic acids is 1. The molecule has 0 aliphatic rings. The number of hydrogen-bond acceptors (Lipinski definition) is 3. The summed E-state index contributed by atoms with van der Waals surface area (Å²) in [6, 6.07) is 12.9. The quantitative estimate of drug-likeness (QED) is 0.800. The smallest absolute Gasteiger partial charge is 0.335 e. The molecule has 0 saturated heterocycles. The lowest BCUT2D eigenvalue weighted by atomic mass is 10.0. The van der Waals surface area contributed by atoms with Crippen molar-refractivity contribution in [3.63, 3.8) is 0 Å². The number of aromatic nitrogens is 3. The van der Waals surface area contributed by atoms with Crippen molar-refractivity contribution in [2.45, 2.75) is 19.8 Å². The fourth-order valence-corrected chi connectivity index (χ4v) is 2.40. The molecule has 21 heavy (non-hydrogen) atoms. The highest BCUT2D eigenvalue weighted by Crippen LogP contribution is 2.25. The van der Waals surface area contributed by atoms with Crippen LogP contribution in [0.2, 0.25) is 0 Å². The van der Waals surface area contributed by atoms with Crippen molar-refractivity contribution in [1.82, 2.24) is 15.0 Å². The molecule has 106 valence electrons. The van der Waals surface area contributed by atoms with Crippen LogP contribution in [0.1, 0.15) is 35.7 Å². The van der Waals surface area contributed by atoms with E-state index in [0.29, 0.717) is 11.4 Å². The molecule has 0 spiro atoms. The van der Waals surface area contributed by atoms with Gasteiger partial charge in [-0.25, -0.2) is 9.48 Å². The lowest BCUT2D eigenvalue weighted by molar-refractivity contribution is 0.0697. The first-order valence-electron chi connectivity index (χ1n) is 6.76. The van der Waals surface area contributed by atoms with Crippen molar-refractivity contribution in [3.05, 3.63) is 53.6 Å². The Morgan fingerprint density at radius 1 is 1.19 bits per heavy atom. The van der Waals surface area contributed by atoms with Gasteiger partial charge >= 0.3 is 5.97 Å². The summed E-state index contributed by atoms with van der Waals surface area (Å²) in [6.07, 6.45) is 0. The Hall–Kier alpha value is -2.69. The SMILES string of the molecule is CC(C)c1ccccc1-n1nnc2cc(C(=O)O)ccc21. The number of carboxylic acids is 1. The third kappa shape index (κ3) is 2.27. The van der Waals surface area contributed by atoms with Gasteiger partial charge in [0.05, 0.1) is 16.8 Å². The summed E-state index contributed by atoms with van der Waals surface area (Å²) >= 11 is 0. The number of rotatable bonds is 3. The minimum absolute atomic E-state index is 0.215. The fraction of sp³-hybridized carbons (Fsp3) is 0.188. The molecular formula is C16H15N3O2. The number of carboxylic acid groups (broad SMARTS) is 1. The molecule has 0 unspecified atom stereocenters. The molecule has 3 rings (SSSR count). The molecule has 0 amide bonds. The molecule has 5 heteroatoms. The van der Waals surface area contributed by atoms with Crippen molar-refractivity contribution < 1.29 is 9.90 Å². The van der Waals surface area contributed by atoms with Gasteiger partial charge in [-0.15, -0.1) is 5.10 Å². The van der Waals surface area contributed by atoms with Gasteiger partial charge in [0.25, 0.3) is 0 Å². The van der Waals surface area contributed by atoms with Gasteiger partial charge in [0.2, 0.25) is 0 Å². The van der Waals surface area contributed by atoms with E-state index in [1.54, 1.807) is 22.9 Å². The molecule has 1 N–H and O–H groups in total. The van der Waals surface area contributed by atoms with Gasteiger partial charge in [0.15, 0.2) is 0 Å². The van der Waals surface area contributed by atoms with Gasteiger partial charge in [0.1, 0.15) is 5.52 Å². The molecule has 3 aromatic rings. The summed E-state index contributed by atoms with van der Waals surface area (Å²) in [6.45, 7) is 4.25. The molecule has 2 aromatic carbocycles. The third-order valence-electron chi connectivity index (χ3n) is 3.48. The second-order valence-electron chi connectivity index (χ2n) is 5.22. The molecule has 0 saturated carbocycles. The number of hydrogen-bond donors (Lipinski definition) is 1. The van der Waals surface area contributed by atoms with Crippen LogP contribution in [0.5, 0.6) is 0 Å². The standard InChI is InChI=1S/C16H15N3O2/c1-10(2)12-5-3-4-6-14(12)19-15-8-7-11(16(20)21)9-13(15)17-18-19/h3-10H,1-2H3,(H,20,21). The molecule has 0 aliphatic carbocycles. The average Bonchev–Trinajstić information content (AvgIpc) is 2.89. The second-order valence-corrected chi connectivity index (χ2v) is 5.22. The van der Waals surface area contributed by atoms with Crippen LogP contribution >= 0.6 is 0 Å². The van der Waals surface area contributed by atoms with E-state index in [2.05, 4.69) is 30.2 Å². The van der Waals surface area contributed by atoms with Crippen LogP contribution in [0.3, 0.4) is 0 Å². The first-order valence-corrected chi connectivity index (χ1v) is 6.76. The van der Waals surface area contributed by atoms with Crippen LogP contribution in [0.25, 0.3) is 16.7 Å². The summed E-state index contributed by atoms with van der Waals surface area (Å²) in [4.78, 5) is 11.0. The van der Waals surface area contributed by atoms with Crippen LogP contribution in [0, 0.1) is 0 Å². The molecule has 1 heterocycles. The van der Waals surface area contributed by atoms with Gasteiger partial charge in [-0.1, -0.05) is 37.3 Å². The van der Waals surface area contributed by atoms with Gasteiger partial charge in [-0.05, 0) is 35.7 Å². The van der Waals surface area contributed by atoms with Crippen molar-refractivity contribution in [2.75, 3.05) is 0 Å². The Morgan fingerprint density at radius 2 is 1.95 bits per heavy atom. The maximum absolute atomic E-state index is 11.0. The van der Waals surface area contributed by atoms with Crippen LogP contribution in [0.15, 0.2) is 42.5 Å². The van der Waals surface area contributed by atoms with E-state index in [1.165, 1.54) is 5.56 Å². The van der Waals surface area contributed by atoms with E-state index in [0.717, 1.165) is 11.2 Å². The number of nitrogens with zero attached hydrogens (tertiary/aromatic N) is 3. The van der Waals surface area contributed by atoms with Crippen molar-refractivity contribution in [3.8, 4) is 5.69 Å². The van der Waals surface area contributed by atoms with E-state index >= 15 is 0 Å². The average molecular weight is 281 g/mol. The Labute approximate surface area is 121 Å². The molecule has 1 aromatic heterocycles. The zero-order valence-corrected chi connectivity index (χ0v) is 11.8. The Kier molecular flexibility index (Phi) is 3.17. The van der Waals surface area contributed by atoms with E-state index in [4.69, 9.17) is 5.11 Å². The van der Waals surface area contributed by atoms with Crippen molar-refractivity contribution in [2.24, 2.45) is 0 Å². The topological polar surface area (TPSA) is 68.0 Å². The zero-order chi connectivity index (χ0) is 15.0. The predicted octanol–water partition coefficient (Wildman–Crippen LogP) is 3.24. The molecule has 0 fully saturated rings. The highest BCUT2D eigenvalue weighted by molar-refractivity contribution is 5.92. The van der Waals surface area contributed by atoms with Crippen molar-refractivity contribution >= 4 is 17.0 Å². The minimum atomic E-state index is -0.964. The lowest BCUT2D eigenvalue weighted by Crippen LogP contribution is -2.03. The highest BCUT2D eigenvalue weighted by Gasteiger charge is 2.13. The van der Waals surface area contributed by atoms with Gasteiger partial charge in [-0.3, -0.25) is 0 Å². The lowest BCUT2D eigenvalue weighted by Gasteiger charge is -2.12. The molecule has 0 aliphatic heterocycles. The summed E-state index contributed by atoms with van der Waals surface area (Å²) in [5.41, 5.74) is 3.73. The second kappa shape index (κ2) is 5.01. The van der Waals surface area contributed by atoms with Crippen molar-refractivity contribution in [1.29, 1.82) is 0 Å². The van der Waals surface area contributed by atoms with Gasteiger partial charge in [0, 0.05) is 0 Å². The van der Waals surface area contributed by atoms with Gasteiger partial charge < -0.3 is 5.11 Å². The highest BCUT2D eigenvalue weighted by atomic mass is 16.4. The Bertz CT molecular complexity index is 821. The molecule has 0 bridgehead atoms. The summed E-state index contributed by atoms with van der Waals surface area (Å²) in [7, 11) is 0. The Morgan fingerprint density at radius 3 is 2.67 bits per heavy atom. The monoisotopic (exact) mass is 281 g/mol. The van der Waals surface area contributed by atoms with Crippen LogP contribution in [-0.2, 0) is 0 Å². The predicted molar refractivity (Wildman–Crippen MR) is 79.9 cm³/mol. The molecule has 0 radical (unpaired) electrons. The summed E-state index contributed by atoms with van der Waals surface area (Å²) < 4.78 is 1.76. The minimum Gasteiger partial charge on any atom is -0.478 e. The van der Waals surface area contributed by atoms with E-state index < -0.39 is 5.97 Å². The fourth-order valence-electron chi connectivity index (χ4n) is 2.40. The zero-order valence-electron chi connectivity index (χ0n) is 11.8. The number of carbonyl (C=O) groups is 1. The number of benzene rings is 2. The summed E-state index contributed by atoms with van der Waals surface area (Å²) in [5.74, 6) is -0.604. The largest absolute Gasteiger partial charge is 0.478 e. The Balaban J connectivity index is 2.20. The third-order valence-corrected chi connectivity index (χ3v) is 3.48. The van der Waals surface area contributed by atoms with E-state index in [1.807, 2.05) is 18.2 Å². The maximum atomic E-state index is 11.0. The first-order chi connectivity index (χ1) is 10.1. The summed E-state index contributed by atoms with van der Waals surface area (Å²) in [5, 5.41) is 17.3. The van der Waals surface area contributed by atoms with Crippen LogP contribution in [-0.4, -0.2) is 26.1 Å².